The zero-order valence-electron chi connectivity index (χ0n) is 15.5. The van der Waals surface area contributed by atoms with Crippen molar-refractivity contribution in [3.05, 3.63) is 35.9 Å². The third-order valence-corrected chi connectivity index (χ3v) is 5.39. The Morgan fingerprint density at radius 1 is 1.26 bits per heavy atom. The van der Waals surface area contributed by atoms with Crippen molar-refractivity contribution in [2.75, 3.05) is 24.7 Å². The van der Waals surface area contributed by atoms with E-state index < -0.39 is 0 Å². The summed E-state index contributed by atoms with van der Waals surface area (Å²) in [5.41, 5.74) is 0. The van der Waals surface area contributed by atoms with Crippen molar-refractivity contribution in [3.8, 4) is 5.75 Å². The molecule has 2 aromatic rings. The summed E-state index contributed by atoms with van der Waals surface area (Å²) in [5, 5.41) is 8.49. The lowest BCUT2D eigenvalue weighted by Gasteiger charge is -2.34. The number of aromatic nitrogens is 3. The topological polar surface area (TPSA) is 86.3 Å². The summed E-state index contributed by atoms with van der Waals surface area (Å²) in [6.45, 7) is 6.05. The number of hydrogen-bond acceptors (Lipinski definition) is 6. The van der Waals surface area contributed by atoms with Gasteiger partial charge in [-0.1, -0.05) is 25.6 Å². The molecule has 1 fully saturated rings. The Balaban J connectivity index is 1.52. The maximum Gasteiger partial charge on any atom is 0.233 e. The Hall–Kier alpha value is -2.29. The van der Waals surface area contributed by atoms with Gasteiger partial charge >= 0.3 is 0 Å². The van der Waals surface area contributed by atoms with Gasteiger partial charge in [-0.2, -0.15) is 0 Å². The second-order valence-corrected chi connectivity index (χ2v) is 7.99. The number of piperidine rings is 1. The van der Waals surface area contributed by atoms with Gasteiger partial charge in [-0.3, -0.25) is 4.79 Å². The lowest BCUT2D eigenvalue weighted by molar-refractivity contribution is -0.130. The number of ether oxygens (including phenoxy) is 1. The number of carbonyl (C=O) groups excluding carboxylic acids is 1. The summed E-state index contributed by atoms with van der Waals surface area (Å²) in [6.07, 6.45) is 1.16. The maximum atomic E-state index is 12.9. The van der Waals surface area contributed by atoms with Crippen LogP contribution in [-0.2, 0) is 11.4 Å². The van der Waals surface area contributed by atoms with Crippen molar-refractivity contribution in [2.24, 2.45) is 11.8 Å². The minimum atomic E-state index is -0.329. The van der Waals surface area contributed by atoms with Crippen LogP contribution < -0.4 is 10.6 Å². The summed E-state index contributed by atoms with van der Waals surface area (Å²) >= 11 is 1.26. The summed E-state index contributed by atoms with van der Waals surface area (Å²) in [5.74, 6) is 8.02. The minimum Gasteiger partial charge on any atom is -0.486 e. The van der Waals surface area contributed by atoms with E-state index in [2.05, 4.69) is 24.0 Å². The summed E-state index contributed by atoms with van der Waals surface area (Å²) < 4.78 is 19.8. The van der Waals surface area contributed by atoms with Crippen LogP contribution in [0.4, 0.5) is 4.39 Å². The molecular formula is C18H24FN5O2S. The van der Waals surface area contributed by atoms with Crippen molar-refractivity contribution < 1.29 is 13.9 Å². The first-order valence-corrected chi connectivity index (χ1v) is 9.89. The highest BCUT2D eigenvalue weighted by Gasteiger charge is 2.25. The zero-order chi connectivity index (χ0) is 19.4. The van der Waals surface area contributed by atoms with Crippen molar-refractivity contribution in [3.63, 3.8) is 0 Å². The Labute approximate surface area is 162 Å². The number of nitrogens with two attached hydrogens (primary N) is 1. The van der Waals surface area contributed by atoms with Crippen molar-refractivity contribution in [1.29, 1.82) is 0 Å². The number of benzene rings is 1. The first-order valence-electron chi connectivity index (χ1n) is 8.90. The fourth-order valence-electron chi connectivity index (χ4n) is 3.27. The SMILES string of the molecule is CC1CC(C)CN(C(=O)CSc2nnc(COc3ccc(F)cc3)n2N)C1. The average molecular weight is 393 g/mol. The lowest BCUT2D eigenvalue weighted by Crippen LogP contribution is -2.43. The van der Waals surface area contributed by atoms with Gasteiger partial charge in [0.2, 0.25) is 11.1 Å². The van der Waals surface area contributed by atoms with Gasteiger partial charge in [0.1, 0.15) is 18.2 Å². The Morgan fingerprint density at radius 3 is 2.59 bits per heavy atom. The van der Waals surface area contributed by atoms with Gasteiger partial charge < -0.3 is 15.5 Å². The van der Waals surface area contributed by atoms with Crippen LogP contribution in [0.25, 0.3) is 0 Å². The quantitative estimate of drug-likeness (QED) is 0.599. The molecule has 3 rings (SSSR count). The van der Waals surface area contributed by atoms with E-state index in [9.17, 15) is 9.18 Å². The van der Waals surface area contributed by atoms with E-state index >= 15 is 0 Å². The molecule has 2 atom stereocenters. The molecule has 1 aliphatic rings. The summed E-state index contributed by atoms with van der Waals surface area (Å²) in [6, 6.07) is 5.69. The molecular weight excluding hydrogens is 369 g/mol. The Kier molecular flexibility index (Phi) is 6.20. The molecule has 1 aromatic heterocycles. The molecule has 1 amide bonds. The summed E-state index contributed by atoms with van der Waals surface area (Å²) in [7, 11) is 0. The molecule has 0 saturated carbocycles. The van der Waals surface area contributed by atoms with Gasteiger partial charge in [0, 0.05) is 13.1 Å². The monoisotopic (exact) mass is 393 g/mol. The highest BCUT2D eigenvalue weighted by molar-refractivity contribution is 7.99. The first kappa shape index (κ1) is 19.5. The van der Waals surface area contributed by atoms with Gasteiger partial charge in [-0.15, -0.1) is 10.2 Å². The predicted octanol–water partition coefficient (Wildman–Crippen LogP) is 2.31. The lowest BCUT2D eigenvalue weighted by atomic mass is 9.92. The smallest absolute Gasteiger partial charge is 0.233 e. The zero-order valence-corrected chi connectivity index (χ0v) is 16.3. The van der Waals surface area contributed by atoms with Gasteiger partial charge in [0.25, 0.3) is 0 Å². The predicted molar refractivity (Wildman–Crippen MR) is 101 cm³/mol. The van der Waals surface area contributed by atoms with Crippen molar-refractivity contribution in [2.45, 2.75) is 32.0 Å². The van der Waals surface area contributed by atoms with Gasteiger partial charge in [-0.25, -0.2) is 9.07 Å². The van der Waals surface area contributed by atoms with Gasteiger partial charge in [0.15, 0.2) is 5.82 Å². The highest BCUT2D eigenvalue weighted by atomic mass is 32.2. The van der Waals surface area contributed by atoms with Crippen LogP contribution in [0.1, 0.15) is 26.1 Å². The second-order valence-electron chi connectivity index (χ2n) is 7.04. The van der Waals surface area contributed by atoms with Crippen LogP contribution >= 0.6 is 11.8 Å². The molecule has 0 spiro atoms. The number of thioether (sulfide) groups is 1. The number of nitrogen functional groups attached to an aromatic ring is 1. The van der Waals surface area contributed by atoms with Crippen LogP contribution in [0, 0.1) is 17.7 Å². The third kappa shape index (κ3) is 5.12. The van der Waals surface area contributed by atoms with E-state index in [1.54, 1.807) is 0 Å². The van der Waals surface area contributed by atoms with Gasteiger partial charge in [-0.05, 0) is 42.5 Å². The number of likely N-dealkylation sites (tertiary alicyclic amines) is 1. The molecule has 2 heterocycles. The molecule has 27 heavy (non-hydrogen) atoms. The fourth-order valence-corrected chi connectivity index (χ4v) is 4.05. The molecule has 0 bridgehead atoms. The molecule has 146 valence electrons. The summed E-state index contributed by atoms with van der Waals surface area (Å²) in [4.78, 5) is 14.4. The highest BCUT2D eigenvalue weighted by Crippen LogP contribution is 2.23. The van der Waals surface area contributed by atoms with Crippen LogP contribution in [0.15, 0.2) is 29.4 Å². The molecule has 2 N–H and O–H groups in total. The number of halogens is 1. The minimum absolute atomic E-state index is 0.0884. The fraction of sp³-hybridized carbons (Fsp3) is 0.500. The average Bonchev–Trinajstić information content (AvgIpc) is 2.98. The molecule has 1 saturated heterocycles. The van der Waals surface area contributed by atoms with Crippen LogP contribution in [0.3, 0.4) is 0 Å². The Morgan fingerprint density at radius 2 is 1.93 bits per heavy atom. The third-order valence-electron chi connectivity index (χ3n) is 4.46. The van der Waals surface area contributed by atoms with E-state index in [1.165, 1.54) is 40.7 Å². The molecule has 2 unspecified atom stereocenters. The van der Waals surface area contributed by atoms with E-state index in [0.717, 1.165) is 19.5 Å². The molecule has 9 heteroatoms. The van der Waals surface area contributed by atoms with Crippen molar-refractivity contribution >= 4 is 17.7 Å². The van der Waals surface area contributed by atoms with E-state index in [0.29, 0.717) is 28.6 Å². The molecule has 7 nitrogen and oxygen atoms in total. The molecule has 0 radical (unpaired) electrons. The standard InChI is InChI=1S/C18H24FN5O2S/c1-12-7-13(2)9-23(8-12)17(25)11-27-18-22-21-16(24(18)20)10-26-15-5-3-14(19)4-6-15/h3-6,12-13H,7-11,20H2,1-2H3. The number of rotatable bonds is 6. The number of carbonyl (C=O) groups is 1. The molecule has 1 aliphatic heterocycles. The normalized spacial score (nSPS) is 19.9. The van der Waals surface area contributed by atoms with Crippen molar-refractivity contribution in [1.82, 2.24) is 19.8 Å². The molecule has 0 aliphatic carbocycles. The molecule has 1 aromatic carbocycles. The van der Waals surface area contributed by atoms with Gasteiger partial charge in [0.05, 0.1) is 5.75 Å². The second kappa shape index (κ2) is 8.60. The maximum absolute atomic E-state index is 12.9. The van der Waals surface area contributed by atoms with E-state index in [1.807, 2.05) is 4.90 Å². The van der Waals surface area contributed by atoms with Crippen LogP contribution in [-0.4, -0.2) is 44.5 Å². The number of nitrogens with zero attached hydrogens (tertiary/aromatic N) is 4. The van der Waals surface area contributed by atoms with Crippen LogP contribution in [0.2, 0.25) is 0 Å². The number of amides is 1. The van der Waals surface area contributed by atoms with E-state index in [4.69, 9.17) is 10.6 Å². The first-order chi connectivity index (χ1) is 12.9. The van der Waals surface area contributed by atoms with E-state index in [-0.39, 0.29) is 24.1 Å². The van der Waals surface area contributed by atoms with Crippen LogP contribution in [0.5, 0.6) is 5.75 Å². The largest absolute Gasteiger partial charge is 0.486 e. The Bertz CT molecular complexity index is 773. The number of hydrogen-bond donors (Lipinski definition) is 1.